The van der Waals surface area contributed by atoms with Gasteiger partial charge in [0.15, 0.2) is 0 Å². The zero-order chi connectivity index (χ0) is 74.7. The zero-order valence-corrected chi connectivity index (χ0v) is 49.6. The fraction of sp³-hybridized carbons (Fsp3) is 0.143. The maximum absolute atomic E-state index is 17.2. The molecular formula is C70H30F30N2. The molecular weight excluding hydrogens is 1440 g/mol. The van der Waals surface area contributed by atoms with Crippen molar-refractivity contribution in [2.45, 2.75) is 61.8 Å². The number of benzene rings is 10. The standard InChI is InChI=1S/C70H30F30N2/c71-61(72,73)37-3-1-2-31(20-37)36-25-58(101-54-16-4-32(42-12-8-38(62(74,75)76)27-50(42)66(86,87)88)21-46(54)47-22-33(5-17-55(47)101)43-13-9-39(63(77,78)79)28-51(43)67(89,90)91)60(70(98,99)100)59(26-36)102-56-18-6-34(44-14-10-40(64(80,81)82)29-52(44)68(92,93)94)23-48(56)49-24-35(7-19-57(49)102)45-15-11-41(65(83,84)85)30-53(45)69(95,96)97/h1-30H. The van der Waals surface area contributed by atoms with Gasteiger partial charge in [0.25, 0.3) is 0 Å². The highest BCUT2D eigenvalue weighted by Gasteiger charge is 2.45. The Bertz CT molecular complexity index is 4800. The molecule has 2 nitrogen and oxygen atoms in total. The lowest BCUT2D eigenvalue weighted by Gasteiger charge is -2.23. The Hall–Kier alpha value is -10.3. The van der Waals surface area contributed by atoms with Gasteiger partial charge in [0, 0.05) is 21.5 Å². The lowest BCUT2D eigenvalue weighted by atomic mass is 9.94. The number of alkyl halides is 30. The van der Waals surface area contributed by atoms with Crippen molar-refractivity contribution in [3.8, 4) is 67.0 Å². The van der Waals surface area contributed by atoms with Gasteiger partial charge in [0.2, 0.25) is 0 Å². The second-order valence-corrected chi connectivity index (χ2v) is 23.1. The van der Waals surface area contributed by atoms with Crippen LogP contribution in [-0.4, -0.2) is 9.13 Å². The van der Waals surface area contributed by atoms with E-state index in [9.17, 15) is 119 Å². The fourth-order valence-corrected chi connectivity index (χ4v) is 12.4. The Kier molecular flexibility index (Phi) is 16.6. The number of hydrogen-bond donors (Lipinski definition) is 0. The number of halogens is 30. The van der Waals surface area contributed by atoms with E-state index < -0.39 is 228 Å². The van der Waals surface area contributed by atoms with Crippen LogP contribution in [0.3, 0.4) is 0 Å². The molecule has 0 N–H and O–H groups in total. The third-order valence-electron chi connectivity index (χ3n) is 16.8. The van der Waals surface area contributed by atoms with Crippen LogP contribution in [-0.2, 0) is 61.8 Å². The van der Waals surface area contributed by atoms with Gasteiger partial charge in [0.1, 0.15) is 5.56 Å². The lowest BCUT2D eigenvalue weighted by molar-refractivity contribution is -0.144. The molecule has 0 amide bonds. The van der Waals surface area contributed by atoms with Gasteiger partial charge in [-0.1, -0.05) is 60.7 Å². The Balaban J connectivity index is 1.24. The number of aromatic nitrogens is 2. The summed E-state index contributed by atoms with van der Waals surface area (Å²) in [5.74, 6) is 0. The Morgan fingerprint density at radius 2 is 0.431 bits per heavy atom. The van der Waals surface area contributed by atoms with E-state index in [0.717, 1.165) is 84.9 Å². The minimum absolute atomic E-state index is 0.203. The second-order valence-electron chi connectivity index (χ2n) is 23.1. The monoisotopic (exact) mass is 1470 g/mol. The van der Waals surface area contributed by atoms with E-state index in [2.05, 4.69) is 0 Å². The Morgan fingerprint density at radius 1 is 0.186 bits per heavy atom. The van der Waals surface area contributed by atoms with E-state index in [1.807, 2.05) is 0 Å². The normalized spacial score (nSPS) is 13.6. The summed E-state index contributed by atoms with van der Waals surface area (Å²) in [5.41, 5.74) is -32.4. The van der Waals surface area contributed by atoms with Gasteiger partial charge in [-0.2, -0.15) is 132 Å². The highest BCUT2D eigenvalue weighted by atomic mass is 19.4. The third-order valence-corrected chi connectivity index (χ3v) is 16.8. The molecule has 0 radical (unpaired) electrons. The molecule has 10 aromatic carbocycles. The first kappa shape index (κ1) is 71.5. The summed E-state index contributed by atoms with van der Waals surface area (Å²) in [5, 5.41) is -2.46. The Labute approximate surface area is 549 Å². The average molecular weight is 1470 g/mol. The molecule has 530 valence electrons. The molecule has 2 aromatic heterocycles. The molecule has 32 heteroatoms. The fourth-order valence-electron chi connectivity index (χ4n) is 12.4. The minimum Gasteiger partial charge on any atom is -0.309 e. The zero-order valence-electron chi connectivity index (χ0n) is 49.6. The first-order valence-corrected chi connectivity index (χ1v) is 28.6. The van der Waals surface area contributed by atoms with Gasteiger partial charge in [-0.15, -0.1) is 0 Å². The van der Waals surface area contributed by atoms with Gasteiger partial charge in [0.05, 0.1) is 83.5 Å². The van der Waals surface area contributed by atoms with Crippen molar-refractivity contribution in [3.63, 3.8) is 0 Å². The van der Waals surface area contributed by atoms with Crippen LogP contribution >= 0.6 is 0 Å². The molecule has 12 aromatic rings. The largest absolute Gasteiger partial charge is 0.420 e. The number of nitrogens with zero attached hydrogens (tertiary/aromatic N) is 2. The predicted molar refractivity (Wildman–Crippen MR) is 312 cm³/mol. The van der Waals surface area contributed by atoms with Crippen LogP contribution in [0.1, 0.15) is 55.6 Å². The van der Waals surface area contributed by atoms with Gasteiger partial charge in [-0.3, -0.25) is 0 Å². The summed E-state index contributed by atoms with van der Waals surface area (Å²) in [6.07, 6.45) is -55.5. The van der Waals surface area contributed by atoms with E-state index in [-0.39, 0.29) is 48.5 Å². The van der Waals surface area contributed by atoms with E-state index >= 15 is 13.2 Å². The topological polar surface area (TPSA) is 9.86 Å². The summed E-state index contributed by atoms with van der Waals surface area (Å²) in [4.78, 5) is 0. The van der Waals surface area contributed by atoms with Gasteiger partial charge >= 0.3 is 61.8 Å². The molecule has 0 fully saturated rings. The van der Waals surface area contributed by atoms with Crippen molar-refractivity contribution < 1.29 is 132 Å². The van der Waals surface area contributed by atoms with Crippen molar-refractivity contribution in [3.05, 3.63) is 238 Å². The van der Waals surface area contributed by atoms with Crippen molar-refractivity contribution >= 4 is 43.6 Å². The molecule has 0 aliphatic carbocycles. The summed E-state index contributed by atoms with van der Waals surface area (Å²) in [6.45, 7) is 0. The highest BCUT2D eigenvalue weighted by molar-refractivity contribution is 6.14. The van der Waals surface area contributed by atoms with Crippen LogP contribution < -0.4 is 0 Å². The smallest absolute Gasteiger partial charge is 0.309 e. The molecule has 102 heavy (non-hydrogen) atoms. The average Bonchev–Trinajstić information content (AvgIpc) is 1.53. The summed E-state index contributed by atoms with van der Waals surface area (Å²) in [6, 6.07) is 13.5. The maximum Gasteiger partial charge on any atom is 0.420 e. The van der Waals surface area contributed by atoms with Gasteiger partial charge in [-0.25, -0.2) is 0 Å². The third kappa shape index (κ3) is 13.1. The van der Waals surface area contributed by atoms with Crippen LogP contribution in [0.2, 0.25) is 0 Å². The molecule has 0 saturated carbocycles. The minimum atomic E-state index is -5.93. The Morgan fingerprint density at radius 3 is 0.657 bits per heavy atom. The molecule has 0 aliphatic heterocycles. The number of fused-ring (bicyclic) bond motifs is 6. The molecule has 0 unspecified atom stereocenters. The summed E-state index contributed by atoms with van der Waals surface area (Å²) in [7, 11) is 0. The van der Waals surface area contributed by atoms with E-state index in [1.165, 1.54) is 0 Å². The quantitative estimate of drug-likeness (QED) is 0.141. The van der Waals surface area contributed by atoms with Gasteiger partial charge < -0.3 is 9.13 Å². The molecule has 0 saturated heterocycles. The lowest BCUT2D eigenvalue weighted by Crippen LogP contribution is -2.16. The van der Waals surface area contributed by atoms with Crippen LogP contribution in [0.4, 0.5) is 132 Å². The second kappa shape index (κ2) is 23.6. The molecule has 0 atom stereocenters. The number of hydrogen-bond acceptors (Lipinski definition) is 0. The molecule has 2 heterocycles. The number of rotatable bonds is 7. The summed E-state index contributed by atoms with van der Waals surface area (Å²) < 4.78 is 443. The summed E-state index contributed by atoms with van der Waals surface area (Å²) >= 11 is 0. The van der Waals surface area contributed by atoms with Crippen LogP contribution in [0, 0.1) is 0 Å². The first-order chi connectivity index (χ1) is 46.9. The van der Waals surface area contributed by atoms with E-state index in [4.69, 9.17) is 0 Å². The van der Waals surface area contributed by atoms with Crippen LogP contribution in [0.15, 0.2) is 182 Å². The molecule has 0 spiro atoms. The molecule has 12 rings (SSSR count). The SMILES string of the molecule is FC(F)(F)c1cccc(-c2cc(-n3c4ccc(-c5ccc(C(F)(F)F)cc5C(F)(F)F)cc4c4cc(-c5ccc(C(F)(F)F)cc5C(F)(F)F)ccc43)c(C(F)(F)F)c(-n3c4ccc(-c5ccc(C(F)(F)F)cc5C(F)(F)F)cc4c4cc(-c5ccc(C(F)(F)F)cc5C(F)(F)F)ccc43)c2)c1. The maximum atomic E-state index is 17.2. The van der Waals surface area contributed by atoms with Crippen molar-refractivity contribution in [1.29, 1.82) is 0 Å². The van der Waals surface area contributed by atoms with E-state index in [0.29, 0.717) is 57.7 Å². The van der Waals surface area contributed by atoms with E-state index in [1.54, 1.807) is 0 Å². The highest BCUT2D eigenvalue weighted by Crippen LogP contribution is 2.52. The predicted octanol–water partition coefficient (Wildman–Crippen LogP) is 26.4. The molecule has 0 aliphatic rings. The van der Waals surface area contributed by atoms with Crippen LogP contribution in [0.5, 0.6) is 0 Å². The van der Waals surface area contributed by atoms with Crippen molar-refractivity contribution in [2.75, 3.05) is 0 Å². The van der Waals surface area contributed by atoms with Crippen LogP contribution in [0.25, 0.3) is 111 Å². The van der Waals surface area contributed by atoms with Crippen molar-refractivity contribution in [2.24, 2.45) is 0 Å². The molecule has 0 bridgehead atoms. The first-order valence-electron chi connectivity index (χ1n) is 28.6. The van der Waals surface area contributed by atoms with Gasteiger partial charge in [-0.05, 0) is 177 Å². The van der Waals surface area contributed by atoms with Crippen molar-refractivity contribution in [1.82, 2.24) is 9.13 Å².